The van der Waals surface area contributed by atoms with Gasteiger partial charge in [0.15, 0.2) is 0 Å². The van der Waals surface area contributed by atoms with Gasteiger partial charge in [0.05, 0.1) is 0 Å². The summed E-state index contributed by atoms with van der Waals surface area (Å²) in [6.45, 7) is 1.72. The molecule has 0 unspecified atom stereocenters. The number of urea groups is 1. The van der Waals surface area contributed by atoms with Gasteiger partial charge in [-0.3, -0.25) is 10.1 Å². The fraction of sp³-hybridized carbons (Fsp3) is 0.385. The Labute approximate surface area is 110 Å². The largest absolute Gasteiger partial charge is 0.335 e. The van der Waals surface area contributed by atoms with Crippen molar-refractivity contribution in [3.63, 3.8) is 0 Å². The minimum Gasteiger partial charge on any atom is -0.335 e. The van der Waals surface area contributed by atoms with Crippen LogP contribution in [0.5, 0.6) is 0 Å². The van der Waals surface area contributed by atoms with E-state index in [1.54, 1.807) is 0 Å². The standard InChI is InChI=1S/C13H16FN3O2/c14-10-3-1-9(2-4-10)12(18)17-13(19)16-11-5-7-15-8-6-11/h1-4,11,15H,5-8H2,(H2,16,17,18,19). The molecule has 3 N–H and O–H groups in total. The molecule has 1 aromatic rings. The molecule has 1 aliphatic rings. The van der Waals surface area contributed by atoms with Crippen molar-refractivity contribution in [1.82, 2.24) is 16.0 Å². The lowest BCUT2D eigenvalue weighted by Gasteiger charge is -2.23. The quantitative estimate of drug-likeness (QED) is 0.747. The lowest BCUT2D eigenvalue weighted by atomic mass is 10.1. The van der Waals surface area contributed by atoms with Gasteiger partial charge in [-0.25, -0.2) is 9.18 Å². The van der Waals surface area contributed by atoms with E-state index in [0.29, 0.717) is 0 Å². The van der Waals surface area contributed by atoms with E-state index in [0.717, 1.165) is 25.9 Å². The van der Waals surface area contributed by atoms with Crippen LogP contribution in [0.3, 0.4) is 0 Å². The van der Waals surface area contributed by atoms with E-state index in [1.807, 2.05) is 0 Å². The van der Waals surface area contributed by atoms with Gasteiger partial charge in [0.2, 0.25) is 0 Å². The maximum Gasteiger partial charge on any atom is 0.321 e. The van der Waals surface area contributed by atoms with Gasteiger partial charge in [-0.15, -0.1) is 0 Å². The van der Waals surface area contributed by atoms with Crippen molar-refractivity contribution < 1.29 is 14.0 Å². The first-order valence-electron chi connectivity index (χ1n) is 6.23. The number of nitrogens with one attached hydrogen (secondary N) is 3. The van der Waals surface area contributed by atoms with Gasteiger partial charge in [0.25, 0.3) is 5.91 Å². The average Bonchev–Trinajstić information content (AvgIpc) is 2.40. The Bertz CT molecular complexity index is 455. The summed E-state index contributed by atoms with van der Waals surface area (Å²) >= 11 is 0. The number of carbonyl (C=O) groups excluding carboxylic acids is 2. The Hall–Kier alpha value is -1.95. The molecule has 0 bridgehead atoms. The zero-order chi connectivity index (χ0) is 13.7. The summed E-state index contributed by atoms with van der Waals surface area (Å²) in [5.41, 5.74) is 0.252. The number of rotatable bonds is 2. The van der Waals surface area contributed by atoms with Crippen LogP contribution in [0.25, 0.3) is 0 Å². The van der Waals surface area contributed by atoms with Crippen LogP contribution in [0.2, 0.25) is 0 Å². The maximum atomic E-state index is 12.7. The Kier molecular flexibility index (Phi) is 4.46. The summed E-state index contributed by atoms with van der Waals surface area (Å²) in [4.78, 5) is 23.3. The van der Waals surface area contributed by atoms with Crippen LogP contribution in [0.4, 0.5) is 9.18 Å². The molecule has 0 aromatic heterocycles. The third-order valence-electron chi connectivity index (χ3n) is 3.01. The molecule has 0 aliphatic carbocycles. The fourth-order valence-electron chi connectivity index (χ4n) is 1.96. The number of halogens is 1. The first-order chi connectivity index (χ1) is 9.15. The first-order valence-corrected chi connectivity index (χ1v) is 6.23. The van der Waals surface area contributed by atoms with E-state index in [4.69, 9.17) is 0 Å². The zero-order valence-electron chi connectivity index (χ0n) is 10.4. The van der Waals surface area contributed by atoms with E-state index < -0.39 is 17.8 Å². The lowest BCUT2D eigenvalue weighted by Crippen LogP contribution is -2.48. The van der Waals surface area contributed by atoms with Crippen molar-refractivity contribution in [3.8, 4) is 0 Å². The van der Waals surface area contributed by atoms with Gasteiger partial charge in [0, 0.05) is 11.6 Å². The summed E-state index contributed by atoms with van der Waals surface area (Å²) < 4.78 is 12.7. The summed E-state index contributed by atoms with van der Waals surface area (Å²) in [5, 5.41) is 8.16. The molecule has 1 aliphatic heterocycles. The predicted molar refractivity (Wildman–Crippen MR) is 68.3 cm³/mol. The molecule has 19 heavy (non-hydrogen) atoms. The topological polar surface area (TPSA) is 70.2 Å². The Morgan fingerprint density at radius 2 is 1.79 bits per heavy atom. The van der Waals surface area contributed by atoms with Gasteiger partial charge in [-0.05, 0) is 50.2 Å². The zero-order valence-corrected chi connectivity index (χ0v) is 10.4. The molecule has 0 spiro atoms. The molecule has 1 saturated heterocycles. The smallest absolute Gasteiger partial charge is 0.321 e. The number of imide groups is 1. The van der Waals surface area contributed by atoms with Crippen LogP contribution in [-0.4, -0.2) is 31.1 Å². The molecule has 1 aromatic carbocycles. The van der Waals surface area contributed by atoms with Crippen LogP contribution in [0, 0.1) is 5.82 Å². The number of benzene rings is 1. The molecule has 1 fully saturated rings. The molecule has 0 saturated carbocycles. The van der Waals surface area contributed by atoms with Crippen molar-refractivity contribution in [2.75, 3.05) is 13.1 Å². The number of hydrogen-bond acceptors (Lipinski definition) is 3. The summed E-state index contributed by atoms with van der Waals surface area (Å²) in [5.74, 6) is -0.956. The van der Waals surface area contributed by atoms with E-state index in [1.165, 1.54) is 24.3 Å². The van der Waals surface area contributed by atoms with Crippen molar-refractivity contribution in [1.29, 1.82) is 0 Å². The number of piperidine rings is 1. The summed E-state index contributed by atoms with van der Waals surface area (Å²) in [6, 6.07) is 4.60. The van der Waals surface area contributed by atoms with E-state index in [9.17, 15) is 14.0 Å². The lowest BCUT2D eigenvalue weighted by molar-refractivity contribution is 0.0963. The molecule has 0 radical (unpaired) electrons. The number of carbonyl (C=O) groups is 2. The molecule has 2 rings (SSSR count). The van der Waals surface area contributed by atoms with Gasteiger partial charge in [-0.1, -0.05) is 0 Å². The molecule has 6 heteroatoms. The maximum absolute atomic E-state index is 12.7. The average molecular weight is 265 g/mol. The second kappa shape index (κ2) is 6.29. The third-order valence-corrected chi connectivity index (χ3v) is 3.01. The molecule has 102 valence electrons. The molecule has 5 nitrogen and oxygen atoms in total. The summed E-state index contributed by atoms with van der Waals surface area (Å²) in [7, 11) is 0. The van der Waals surface area contributed by atoms with E-state index in [2.05, 4.69) is 16.0 Å². The van der Waals surface area contributed by atoms with Gasteiger partial charge in [-0.2, -0.15) is 0 Å². The Balaban J connectivity index is 1.84. The third kappa shape index (κ3) is 4.03. The Morgan fingerprint density at radius 1 is 1.16 bits per heavy atom. The first kappa shape index (κ1) is 13.5. The minimum atomic E-state index is -0.536. The van der Waals surface area contributed by atoms with Gasteiger partial charge >= 0.3 is 6.03 Å². The van der Waals surface area contributed by atoms with Gasteiger partial charge in [0.1, 0.15) is 5.82 Å². The van der Waals surface area contributed by atoms with Crippen LogP contribution in [0.15, 0.2) is 24.3 Å². The van der Waals surface area contributed by atoms with Crippen LogP contribution in [-0.2, 0) is 0 Å². The van der Waals surface area contributed by atoms with Crippen molar-refractivity contribution >= 4 is 11.9 Å². The molecule has 0 atom stereocenters. The Morgan fingerprint density at radius 3 is 2.42 bits per heavy atom. The second-order valence-electron chi connectivity index (χ2n) is 4.46. The highest BCUT2D eigenvalue weighted by molar-refractivity contribution is 6.04. The normalized spacial score (nSPS) is 15.8. The highest BCUT2D eigenvalue weighted by Crippen LogP contribution is 2.03. The minimum absolute atomic E-state index is 0.0854. The van der Waals surface area contributed by atoms with Crippen molar-refractivity contribution in [2.24, 2.45) is 0 Å². The molecular weight excluding hydrogens is 249 g/mol. The highest BCUT2D eigenvalue weighted by Gasteiger charge is 2.17. The monoisotopic (exact) mass is 265 g/mol. The van der Waals surface area contributed by atoms with Crippen LogP contribution < -0.4 is 16.0 Å². The highest BCUT2D eigenvalue weighted by atomic mass is 19.1. The molecule has 1 heterocycles. The molecular formula is C13H16FN3O2. The van der Waals surface area contributed by atoms with Crippen LogP contribution >= 0.6 is 0 Å². The molecule has 3 amide bonds. The van der Waals surface area contributed by atoms with Crippen LogP contribution in [0.1, 0.15) is 23.2 Å². The second-order valence-corrected chi connectivity index (χ2v) is 4.46. The number of amides is 3. The fourth-order valence-corrected chi connectivity index (χ4v) is 1.96. The SMILES string of the molecule is O=C(NC(=O)c1ccc(F)cc1)NC1CCNCC1. The predicted octanol–water partition coefficient (Wildman–Crippen LogP) is 1.02. The van der Waals surface area contributed by atoms with E-state index in [-0.39, 0.29) is 11.6 Å². The van der Waals surface area contributed by atoms with Crippen molar-refractivity contribution in [2.45, 2.75) is 18.9 Å². The number of hydrogen-bond donors (Lipinski definition) is 3. The van der Waals surface area contributed by atoms with E-state index >= 15 is 0 Å². The van der Waals surface area contributed by atoms with Crippen molar-refractivity contribution in [3.05, 3.63) is 35.6 Å². The van der Waals surface area contributed by atoms with Gasteiger partial charge < -0.3 is 10.6 Å². The summed E-state index contributed by atoms with van der Waals surface area (Å²) in [6.07, 6.45) is 1.69.